The molecule has 6 nitrogen and oxygen atoms in total. The van der Waals surface area contributed by atoms with Gasteiger partial charge >= 0.3 is 0 Å². The van der Waals surface area contributed by atoms with Gasteiger partial charge in [-0.05, 0) is 35.4 Å². The minimum absolute atomic E-state index is 0.0938. The summed E-state index contributed by atoms with van der Waals surface area (Å²) in [7, 11) is -3.64. The molecule has 31 heavy (non-hydrogen) atoms. The number of carbonyl (C=O) groups is 1. The first kappa shape index (κ1) is 19.8. The van der Waals surface area contributed by atoms with E-state index in [-0.39, 0.29) is 16.7 Å². The number of piperazine rings is 1. The maximum atomic E-state index is 13.1. The largest absolute Gasteiger partial charge is 0.352 e. The van der Waals surface area contributed by atoms with Gasteiger partial charge in [-0.15, -0.1) is 4.40 Å². The van der Waals surface area contributed by atoms with Crippen LogP contribution in [0.1, 0.15) is 24.0 Å². The fourth-order valence-electron chi connectivity index (χ4n) is 4.35. The summed E-state index contributed by atoms with van der Waals surface area (Å²) in [6.45, 7) is 4.14. The molecule has 1 unspecified atom stereocenters. The van der Waals surface area contributed by atoms with Crippen molar-refractivity contribution in [2.75, 3.05) is 26.2 Å². The molecule has 0 aromatic heterocycles. The summed E-state index contributed by atoms with van der Waals surface area (Å²) in [6.07, 6.45) is 0. The molecule has 0 N–H and O–H groups in total. The van der Waals surface area contributed by atoms with Crippen molar-refractivity contribution in [3.63, 3.8) is 0 Å². The Balaban J connectivity index is 1.30. The van der Waals surface area contributed by atoms with Crippen LogP contribution in [0.25, 0.3) is 10.8 Å². The molecule has 0 saturated carbocycles. The van der Waals surface area contributed by atoms with Crippen molar-refractivity contribution >= 4 is 32.5 Å². The summed E-state index contributed by atoms with van der Waals surface area (Å²) in [5.74, 6) is 0.350. The van der Waals surface area contributed by atoms with Crippen LogP contribution in [-0.4, -0.2) is 56.1 Å². The Morgan fingerprint density at radius 2 is 1.58 bits per heavy atom. The van der Waals surface area contributed by atoms with Crippen molar-refractivity contribution in [2.24, 2.45) is 4.40 Å². The first-order valence-corrected chi connectivity index (χ1v) is 11.8. The highest BCUT2D eigenvalue weighted by Crippen LogP contribution is 2.28. The van der Waals surface area contributed by atoms with E-state index in [0.29, 0.717) is 37.6 Å². The van der Waals surface area contributed by atoms with Crippen molar-refractivity contribution < 1.29 is 13.2 Å². The number of rotatable bonds is 2. The van der Waals surface area contributed by atoms with Gasteiger partial charge in [-0.3, -0.25) is 4.79 Å². The molecule has 2 aliphatic rings. The fraction of sp³-hybridized carbons (Fsp3) is 0.250. The predicted octanol–water partition coefficient (Wildman–Crippen LogP) is 3.24. The van der Waals surface area contributed by atoms with E-state index in [9.17, 15) is 13.2 Å². The number of nitrogens with zero attached hydrogens (tertiary/aromatic N) is 3. The second kappa shape index (κ2) is 7.50. The number of benzene rings is 3. The highest BCUT2D eigenvalue weighted by molar-refractivity contribution is 7.90. The maximum Gasteiger partial charge on any atom is 0.285 e. The number of amides is 1. The van der Waals surface area contributed by atoms with Gasteiger partial charge in [0, 0.05) is 31.7 Å². The van der Waals surface area contributed by atoms with Crippen LogP contribution in [0, 0.1) is 0 Å². The van der Waals surface area contributed by atoms with Gasteiger partial charge in [0.1, 0.15) is 4.90 Å². The van der Waals surface area contributed by atoms with E-state index < -0.39 is 10.0 Å². The van der Waals surface area contributed by atoms with Crippen LogP contribution in [0.5, 0.6) is 0 Å². The number of sulfonamides is 1. The number of hydrogen-bond donors (Lipinski definition) is 0. The molecular weight excluding hydrogens is 410 g/mol. The van der Waals surface area contributed by atoms with E-state index in [4.69, 9.17) is 0 Å². The zero-order chi connectivity index (χ0) is 21.6. The van der Waals surface area contributed by atoms with Gasteiger partial charge in [-0.1, -0.05) is 54.6 Å². The molecule has 1 atom stereocenters. The Labute approximate surface area is 181 Å². The molecule has 0 spiro atoms. The van der Waals surface area contributed by atoms with E-state index >= 15 is 0 Å². The summed E-state index contributed by atoms with van der Waals surface area (Å²) in [6, 6.07) is 21.2. The first-order chi connectivity index (χ1) is 14.9. The molecule has 0 aliphatic carbocycles. The topological polar surface area (TPSA) is 70.1 Å². The molecule has 2 heterocycles. The van der Waals surface area contributed by atoms with E-state index in [2.05, 4.69) is 28.7 Å². The standard InChI is InChI=1S/C24H23N3O3S/c1-17(19-11-10-18-6-2-3-7-20(18)16-19)24(28)27-14-12-26(13-15-27)23-21-8-4-5-9-22(21)31(29,30)25-23/h2-11,16-17H,12-15H2,1H3. The Hall–Kier alpha value is -3.19. The van der Waals surface area contributed by atoms with Crippen molar-refractivity contribution in [1.29, 1.82) is 0 Å². The average Bonchev–Trinajstić information content (AvgIpc) is 3.09. The van der Waals surface area contributed by atoms with Crippen molar-refractivity contribution in [2.45, 2.75) is 17.7 Å². The Morgan fingerprint density at radius 1 is 0.903 bits per heavy atom. The van der Waals surface area contributed by atoms with Gasteiger partial charge in [0.05, 0.1) is 5.92 Å². The normalized spacial score (nSPS) is 18.5. The van der Waals surface area contributed by atoms with Gasteiger partial charge in [-0.2, -0.15) is 8.42 Å². The lowest BCUT2D eigenvalue weighted by molar-refractivity contribution is -0.133. The summed E-state index contributed by atoms with van der Waals surface area (Å²) >= 11 is 0. The van der Waals surface area contributed by atoms with Gasteiger partial charge in [0.15, 0.2) is 5.84 Å². The third kappa shape index (κ3) is 3.49. The van der Waals surface area contributed by atoms with E-state index in [1.165, 1.54) is 0 Å². The molecule has 1 amide bonds. The second-order valence-electron chi connectivity index (χ2n) is 8.03. The number of fused-ring (bicyclic) bond motifs is 2. The van der Waals surface area contributed by atoms with Crippen molar-refractivity contribution in [3.05, 3.63) is 77.9 Å². The molecule has 1 saturated heterocycles. The summed E-state index contributed by atoms with van der Waals surface area (Å²) in [5, 5.41) is 2.29. The summed E-state index contributed by atoms with van der Waals surface area (Å²) in [5.41, 5.74) is 1.65. The first-order valence-electron chi connectivity index (χ1n) is 10.4. The SMILES string of the molecule is CC(C(=O)N1CCN(C2=NS(=O)(=O)c3ccccc32)CC1)c1ccc2ccccc2c1. The minimum atomic E-state index is -3.64. The lowest BCUT2D eigenvalue weighted by Gasteiger charge is -2.37. The number of carbonyl (C=O) groups excluding carboxylic acids is 1. The van der Waals surface area contributed by atoms with Crippen LogP contribution in [0.3, 0.4) is 0 Å². The zero-order valence-electron chi connectivity index (χ0n) is 17.2. The van der Waals surface area contributed by atoms with Crippen LogP contribution in [0.4, 0.5) is 0 Å². The molecular formula is C24H23N3O3S. The molecule has 7 heteroatoms. The van der Waals surface area contributed by atoms with Gasteiger partial charge in [0.2, 0.25) is 5.91 Å². The van der Waals surface area contributed by atoms with Crippen molar-refractivity contribution in [3.8, 4) is 0 Å². The smallest absolute Gasteiger partial charge is 0.285 e. The molecule has 3 aromatic rings. The van der Waals surface area contributed by atoms with Crippen molar-refractivity contribution in [1.82, 2.24) is 9.80 Å². The van der Waals surface area contributed by atoms with E-state index in [0.717, 1.165) is 16.3 Å². The number of hydrogen-bond acceptors (Lipinski definition) is 4. The van der Waals surface area contributed by atoms with E-state index in [1.807, 2.05) is 41.0 Å². The van der Waals surface area contributed by atoms with Crippen LogP contribution in [-0.2, 0) is 14.8 Å². The van der Waals surface area contributed by atoms with Gasteiger partial charge < -0.3 is 9.80 Å². The molecule has 5 rings (SSSR count). The predicted molar refractivity (Wildman–Crippen MR) is 121 cm³/mol. The highest BCUT2D eigenvalue weighted by atomic mass is 32.2. The molecule has 2 aliphatic heterocycles. The van der Waals surface area contributed by atoms with Gasteiger partial charge in [0.25, 0.3) is 10.0 Å². The number of amidine groups is 1. The summed E-state index contributed by atoms with van der Waals surface area (Å²) < 4.78 is 28.7. The Kier molecular flexibility index (Phi) is 4.78. The molecule has 0 bridgehead atoms. The van der Waals surface area contributed by atoms with Crippen LogP contribution < -0.4 is 0 Å². The van der Waals surface area contributed by atoms with Crippen LogP contribution in [0.15, 0.2) is 76.0 Å². The molecule has 1 fully saturated rings. The lowest BCUT2D eigenvalue weighted by atomic mass is 9.96. The van der Waals surface area contributed by atoms with Crippen LogP contribution >= 0.6 is 0 Å². The average molecular weight is 434 g/mol. The highest BCUT2D eigenvalue weighted by Gasteiger charge is 2.34. The molecule has 158 valence electrons. The Morgan fingerprint density at radius 3 is 2.35 bits per heavy atom. The zero-order valence-corrected chi connectivity index (χ0v) is 18.0. The third-order valence-electron chi connectivity index (χ3n) is 6.15. The lowest BCUT2D eigenvalue weighted by Crippen LogP contribution is -2.51. The summed E-state index contributed by atoms with van der Waals surface area (Å²) in [4.78, 5) is 17.2. The third-order valence-corrected chi connectivity index (χ3v) is 7.47. The molecule has 0 radical (unpaired) electrons. The minimum Gasteiger partial charge on any atom is -0.352 e. The Bertz CT molecular complexity index is 1310. The monoisotopic (exact) mass is 433 g/mol. The second-order valence-corrected chi connectivity index (χ2v) is 9.60. The molecule has 3 aromatic carbocycles. The van der Waals surface area contributed by atoms with Gasteiger partial charge in [-0.25, -0.2) is 0 Å². The maximum absolute atomic E-state index is 13.1. The van der Waals surface area contributed by atoms with Crippen LogP contribution in [0.2, 0.25) is 0 Å². The van der Waals surface area contributed by atoms with E-state index in [1.54, 1.807) is 18.2 Å². The quantitative estimate of drug-likeness (QED) is 0.622. The fourth-order valence-corrected chi connectivity index (χ4v) is 5.58.